The summed E-state index contributed by atoms with van der Waals surface area (Å²) in [6, 6.07) is 0. The number of hydrogen-bond acceptors (Lipinski definition) is 2. The molecular formula is C10H14O2. The van der Waals surface area contributed by atoms with Crippen molar-refractivity contribution >= 4 is 5.78 Å². The third-order valence-corrected chi connectivity index (χ3v) is 1.63. The van der Waals surface area contributed by atoms with Crippen LogP contribution in [-0.4, -0.2) is 16.5 Å². The van der Waals surface area contributed by atoms with Gasteiger partial charge in [-0.15, -0.1) is 6.42 Å². The number of ketones is 1. The van der Waals surface area contributed by atoms with Crippen molar-refractivity contribution in [2.45, 2.75) is 32.3 Å². The Bertz CT molecular complexity index is 231. The Kier molecular flexibility index (Phi) is 3.72. The Hall–Kier alpha value is -1.07. The molecular weight excluding hydrogens is 152 g/mol. The van der Waals surface area contributed by atoms with Gasteiger partial charge in [-0.1, -0.05) is 12.5 Å². The zero-order valence-electron chi connectivity index (χ0n) is 7.55. The first-order chi connectivity index (χ1) is 5.39. The first-order valence-electron chi connectivity index (χ1n) is 3.78. The van der Waals surface area contributed by atoms with E-state index in [1.54, 1.807) is 6.92 Å². The molecule has 0 bridgehead atoms. The van der Waals surface area contributed by atoms with Gasteiger partial charge >= 0.3 is 0 Å². The molecule has 0 aromatic rings. The van der Waals surface area contributed by atoms with Crippen molar-refractivity contribution in [2.75, 3.05) is 0 Å². The van der Waals surface area contributed by atoms with E-state index < -0.39 is 5.60 Å². The van der Waals surface area contributed by atoms with Crippen LogP contribution in [-0.2, 0) is 4.79 Å². The van der Waals surface area contributed by atoms with E-state index in [4.69, 9.17) is 6.42 Å². The van der Waals surface area contributed by atoms with Gasteiger partial charge in [-0.05, 0) is 25.8 Å². The molecule has 0 amide bonds. The standard InChI is InChI=1S/C10H14O2/c1-5-10(4,12)7-6-9(11)8(2)3/h1,12H,2,6-7H2,3-4H3. The van der Waals surface area contributed by atoms with E-state index in [1.807, 2.05) is 0 Å². The number of terminal acetylenes is 1. The molecule has 1 atom stereocenters. The number of hydrogen-bond donors (Lipinski definition) is 1. The molecule has 0 heterocycles. The van der Waals surface area contributed by atoms with Crippen LogP contribution in [0.1, 0.15) is 26.7 Å². The quantitative estimate of drug-likeness (QED) is 0.505. The molecule has 12 heavy (non-hydrogen) atoms. The lowest BCUT2D eigenvalue weighted by Gasteiger charge is -2.14. The van der Waals surface area contributed by atoms with E-state index in [0.29, 0.717) is 5.57 Å². The number of rotatable bonds is 4. The Labute approximate surface area is 73.3 Å². The largest absolute Gasteiger partial charge is 0.378 e. The monoisotopic (exact) mass is 166 g/mol. The summed E-state index contributed by atoms with van der Waals surface area (Å²) in [6.45, 7) is 6.66. The predicted octanol–water partition coefficient (Wildman–Crippen LogP) is 1.30. The minimum atomic E-state index is -1.18. The molecule has 0 rings (SSSR count). The van der Waals surface area contributed by atoms with Gasteiger partial charge in [0.1, 0.15) is 5.60 Å². The van der Waals surface area contributed by atoms with Crippen molar-refractivity contribution in [3.63, 3.8) is 0 Å². The van der Waals surface area contributed by atoms with Gasteiger partial charge in [0.25, 0.3) is 0 Å². The molecule has 0 spiro atoms. The minimum absolute atomic E-state index is 0.0504. The van der Waals surface area contributed by atoms with Gasteiger partial charge < -0.3 is 5.11 Å². The molecule has 0 saturated carbocycles. The molecule has 0 saturated heterocycles. The highest BCUT2D eigenvalue weighted by molar-refractivity contribution is 5.94. The number of carbonyl (C=O) groups is 1. The Balaban J connectivity index is 3.94. The van der Waals surface area contributed by atoms with E-state index in [1.165, 1.54) is 6.92 Å². The summed E-state index contributed by atoms with van der Waals surface area (Å²) >= 11 is 0. The van der Waals surface area contributed by atoms with Crippen molar-refractivity contribution < 1.29 is 9.90 Å². The van der Waals surface area contributed by atoms with Crippen LogP contribution in [0.5, 0.6) is 0 Å². The van der Waals surface area contributed by atoms with Crippen molar-refractivity contribution in [2.24, 2.45) is 0 Å². The highest BCUT2D eigenvalue weighted by Gasteiger charge is 2.17. The molecule has 0 radical (unpaired) electrons. The van der Waals surface area contributed by atoms with Crippen LogP contribution in [0.25, 0.3) is 0 Å². The average Bonchev–Trinajstić information content (AvgIpc) is 2.00. The van der Waals surface area contributed by atoms with E-state index in [2.05, 4.69) is 12.5 Å². The van der Waals surface area contributed by atoms with Gasteiger partial charge in [0, 0.05) is 6.42 Å². The maximum Gasteiger partial charge on any atom is 0.158 e. The van der Waals surface area contributed by atoms with Crippen molar-refractivity contribution in [3.8, 4) is 12.3 Å². The van der Waals surface area contributed by atoms with Gasteiger partial charge in [0.05, 0.1) is 0 Å². The molecule has 0 aromatic carbocycles. The smallest absolute Gasteiger partial charge is 0.158 e. The number of aliphatic hydroxyl groups is 1. The fourth-order valence-electron chi connectivity index (χ4n) is 0.642. The molecule has 66 valence electrons. The second kappa shape index (κ2) is 4.08. The molecule has 0 aliphatic heterocycles. The highest BCUT2D eigenvalue weighted by atomic mass is 16.3. The third-order valence-electron chi connectivity index (χ3n) is 1.63. The van der Waals surface area contributed by atoms with Gasteiger partial charge in [-0.25, -0.2) is 0 Å². The first kappa shape index (κ1) is 10.9. The lowest BCUT2D eigenvalue weighted by atomic mass is 9.98. The summed E-state index contributed by atoms with van der Waals surface area (Å²) in [6.07, 6.45) is 5.58. The number of Topliss-reactive ketones (excluding diaryl/α,β-unsaturated/α-hetero) is 1. The summed E-state index contributed by atoms with van der Waals surface area (Å²) < 4.78 is 0. The molecule has 0 aliphatic rings. The fourth-order valence-corrected chi connectivity index (χ4v) is 0.642. The van der Waals surface area contributed by atoms with E-state index in [0.717, 1.165) is 0 Å². The van der Waals surface area contributed by atoms with E-state index >= 15 is 0 Å². The van der Waals surface area contributed by atoms with Gasteiger partial charge in [-0.2, -0.15) is 0 Å². The van der Waals surface area contributed by atoms with Gasteiger partial charge in [0.2, 0.25) is 0 Å². The van der Waals surface area contributed by atoms with Crippen LogP contribution in [0.2, 0.25) is 0 Å². The maximum atomic E-state index is 11.0. The Morgan fingerprint density at radius 2 is 2.25 bits per heavy atom. The van der Waals surface area contributed by atoms with Crippen LogP contribution in [0.4, 0.5) is 0 Å². The van der Waals surface area contributed by atoms with E-state index in [9.17, 15) is 9.90 Å². The van der Waals surface area contributed by atoms with Crippen LogP contribution in [0, 0.1) is 12.3 Å². The van der Waals surface area contributed by atoms with Crippen LogP contribution in [0.15, 0.2) is 12.2 Å². The predicted molar refractivity (Wildman–Crippen MR) is 48.5 cm³/mol. The molecule has 2 nitrogen and oxygen atoms in total. The van der Waals surface area contributed by atoms with Gasteiger partial charge in [-0.3, -0.25) is 4.79 Å². The zero-order chi connectivity index (χ0) is 9.78. The second-order valence-electron chi connectivity index (χ2n) is 3.12. The lowest BCUT2D eigenvalue weighted by molar-refractivity contribution is -0.116. The maximum absolute atomic E-state index is 11.0. The number of allylic oxidation sites excluding steroid dienone is 1. The summed E-state index contributed by atoms with van der Waals surface area (Å²) in [5.41, 5.74) is -0.673. The lowest BCUT2D eigenvalue weighted by Crippen LogP contribution is -2.22. The third kappa shape index (κ3) is 3.95. The zero-order valence-corrected chi connectivity index (χ0v) is 7.55. The molecule has 0 aromatic heterocycles. The molecule has 2 heteroatoms. The topological polar surface area (TPSA) is 37.3 Å². The van der Waals surface area contributed by atoms with Crippen molar-refractivity contribution in [3.05, 3.63) is 12.2 Å². The van der Waals surface area contributed by atoms with Crippen molar-refractivity contribution in [1.29, 1.82) is 0 Å². The van der Waals surface area contributed by atoms with Crippen LogP contribution in [0.3, 0.4) is 0 Å². The fraction of sp³-hybridized carbons (Fsp3) is 0.500. The minimum Gasteiger partial charge on any atom is -0.378 e. The average molecular weight is 166 g/mol. The summed E-state index contributed by atoms with van der Waals surface area (Å²) in [5, 5.41) is 9.34. The first-order valence-corrected chi connectivity index (χ1v) is 3.78. The second-order valence-corrected chi connectivity index (χ2v) is 3.12. The van der Waals surface area contributed by atoms with Gasteiger partial charge in [0.15, 0.2) is 5.78 Å². The Morgan fingerprint density at radius 3 is 2.58 bits per heavy atom. The molecule has 1 unspecified atom stereocenters. The van der Waals surface area contributed by atoms with Crippen LogP contribution >= 0.6 is 0 Å². The summed E-state index contributed by atoms with van der Waals surface area (Å²) in [5.74, 6) is 2.16. The highest BCUT2D eigenvalue weighted by Crippen LogP contribution is 2.12. The molecule has 0 aliphatic carbocycles. The molecule has 1 N–H and O–H groups in total. The number of carbonyl (C=O) groups excluding carboxylic acids is 1. The van der Waals surface area contributed by atoms with Crippen LogP contribution < -0.4 is 0 Å². The SMILES string of the molecule is C#CC(C)(O)CCC(=O)C(=C)C. The summed E-state index contributed by atoms with van der Waals surface area (Å²) in [4.78, 5) is 11.0. The van der Waals surface area contributed by atoms with Crippen molar-refractivity contribution in [1.82, 2.24) is 0 Å². The van der Waals surface area contributed by atoms with E-state index in [-0.39, 0.29) is 18.6 Å². The summed E-state index contributed by atoms with van der Waals surface area (Å²) in [7, 11) is 0. The molecule has 0 fully saturated rings. The normalized spacial score (nSPS) is 14.5. The Morgan fingerprint density at radius 1 is 1.75 bits per heavy atom.